The fourth-order valence-corrected chi connectivity index (χ4v) is 4.30. The van der Waals surface area contributed by atoms with E-state index in [1.165, 1.54) is 0 Å². The average molecular weight is 425 g/mol. The Morgan fingerprint density at radius 2 is 1.72 bits per heavy atom. The number of hydrogen-bond donors (Lipinski definition) is 0. The molecule has 146 valence electrons. The molecule has 2 heterocycles. The van der Waals surface area contributed by atoms with Gasteiger partial charge in [0.15, 0.2) is 11.5 Å². The molecule has 4 nitrogen and oxygen atoms in total. The summed E-state index contributed by atoms with van der Waals surface area (Å²) < 4.78 is 12.0. The van der Waals surface area contributed by atoms with Crippen LogP contribution in [0.3, 0.4) is 0 Å². The fourth-order valence-electron chi connectivity index (χ4n) is 3.94. The third-order valence-corrected chi connectivity index (χ3v) is 5.95. The molecule has 0 N–H and O–H groups in total. The van der Waals surface area contributed by atoms with E-state index >= 15 is 0 Å². The number of halogens is 2. The molecule has 3 aromatic carbocycles. The SMILES string of the molecule is COc1cccc2c1O[C@@H](c1ccccc1Cl)N1N=C(c3ccc(Cl)cc3)C[C@@H]21. The van der Waals surface area contributed by atoms with Crippen molar-refractivity contribution in [3.8, 4) is 11.5 Å². The predicted molar refractivity (Wildman–Crippen MR) is 115 cm³/mol. The van der Waals surface area contributed by atoms with E-state index in [0.29, 0.717) is 15.8 Å². The summed E-state index contributed by atoms with van der Waals surface area (Å²) in [4.78, 5) is 0. The Bertz CT molecular complexity index is 1100. The summed E-state index contributed by atoms with van der Waals surface area (Å²) >= 11 is 12.6. The standard InChI is InChI=1S/C23H18Cl2N2O2/c1-28-21-8-4-6-17-20-13-19(14-9-11-15(24)12-10-14)26-27(20)23(29-22(17)21)16-5-2-3-7-18(16)25/h2-12,20,23H,13H2,1H3/t20-,23-/m0/s1. The smallest absolute Gasteiger partial charge is 0.215 e. The lowest BCUT2D eigenvalue weighted by molar-refractivity contribution is -0.0208. The van der Waals surface area contributed by atoms with Crippen molar-refractivity contribution in [3.63, 3.8) is 0 Å². The van der Waals surface area contributed by atoms with Gasteiger partial charge in [-0.25, -0.2) is 5.01 Å². The molecule has 0 spiro atoms. The van der Waals surface area contributed by atoms with E-state index in [1.807, 2.05) is 65.7 Å². The summed E-state index contributed by atoms with van der Waals surface area (Å²) in [6, 6.07) is 21.5. The number of benzene rings is 3. The van der Waals surface area contributed by atoms with Crippen LogP contribution >= 0.6 is 23.2 Å². The molecule has 2 atom stereocenters. The molecule has 5 rings (SSSR count). The van der Waals surface area contributed by atoms with E-state index in [0.717, 1.165) is 34.6 Å². The number of fused-ring (bicyclic) bond motifs is 3. The van der Waals surface area contributed by atoms with Crippen LogP contribution in [0.15, 0.2) is 71.8 Å². The van der Waals surface area contributed by atoms with Crippen molar-refractivity contribution in [2.24, 2.45) is 5.10 Å². The third kappa shape index (κ3) is 3.13. The van der Waals surface area contributed by atoms with Crippen LogP contribution in [0, 0.1) is 0 Å². The number of hydrazone groups is 1. The first-order valence-electron chi connectivity index (χ1n) is 9.35. The highest BCUT2D eigenvalue weighted by atomic mass is 35.5. The maximum Gasteiger partial charge on any atom is 0.215 e. The second-order valence-corrected chi connectivity index (χ2v) is 7.87. The quantitative estimate of drug-likeness (QED) is 0.498. The minimum atomic E-state index is -0.442. The van der Waals surface area contributed by atoms with Gasteiger partial charge in [0, 0.05) is 27.6 Å². The fraction of sp³-hybridized carbons (Fsp3) is 0.174. The van der Waals surface area contributed by atoms with Crippen molar-refractivity contribution in [2.45, 2.75) is 18.7 Å². The summed E-state index contributed by atoms with van der Waals surface area (Å²) in [6.07, 6.45) is 0.314. The molecule has 6 heteroatoms. The topological polar surface area (TPSA) is 34.1 Å². The van der Waals surface area contributed by atoms with Gasteiger partial charge < -0.3 is 9.47 Å². The number of hydrogen-bond acceptors (Lipinski definition) is 4. The van der Waals surface area contributed by atoms with Gasteiger partial charge in [0.2, 0.25) is 6.23 Å². The van der Waals surface area contributed by atoms with E-state index in [4.69, 9.17) is 37.8 Å². The molecule has 0 saturated carbocycles. The zero-order chi connectivity index (χ0) is 20.0. The predicted octanol–water partition coefficient (Wildman–Crippen LogP) is 6.24. The summed E-state index contributed by atoms with van der Waals surface area (Å²) in [6.45, 7) is 0. The van der Waals surface area contributed by atoms with Gasteiger partial charge >= 0.3 is 0 Å². The Kier molecular flexibility index (Phi) is 4.61. The monoisotopic (exact) mass is 424 g/mol. The van der Waals surface area contributed by atoms with Crippen LogP contribution in [0.4, 0.5) is 0 Å². The van der Waals surface area contributed by atoms with Crippen molar-refractivity contribution in [3.05, 3.63) is 93.5 Å². The van der Waals surface area contributed by atoms with E-state index in [2.05, 4.69) is 6.07 Å². The number of ether oxygens (including phenoxy) is 2. The van der Waals surface area contributed by atoms with Gasteiger partial charge in [-0.05, 0) is 29.8 Å². The van der Waals surface area contributed by atoms with Crippen LogP contribution in [-0.4, -0.2) is 17.8 Å². The van der Waals surface area contributed by atoms with Crippen molar-refractivity contribution >= 4 is 28.9 Å². The van der Waals surface area contributed by atoms with Gasteiger partial charge in [-0.2, -0.15) is 5.10 Å². The Labute approximate surface area is 179 Å². The van der Waals surface area contributed by atoms with E-state index in [1.54, 1.807) is 7.11 Å². The highest BCUT2D eigenvalue weighted by Gasteiger charge is 2.42. The number of para-hydroxylation sites is 1. The highest BCUT2D eigenvalue weighted by molar-refractivity contribution is 6.31. The molecule has 0 fully saturated rings. The van der Waals surface area contributed by atoms with Crippen LogP contribution in [0.1, 0.15) is 35.4 Å². The Morgan fingerprint density at radius 3 is 2.48 bits per heavy atom. The maximum absolute atomic E-state index is 6.52. The van der Waals surface area contributed by atoms with Crippen molar-refractivity contribution < 1.29 is 9.47 Å². The van der Waals surface area contributed by atoms with Gasteiger partial charge in [-0.1, -0.05) is 65.7 Å². The summed E-state index contributed by atoms with van der Waals surface area (Å²) in [5.41, 5.74) is 3.96. The molecule has 2 aliphatic heterocycles. The van der Waals surface area contributed by atoms with Crippen molar-refractivity contribution in [2.75, 3.05) is 7.11 Å². The molecule has 3 aromatic rings. The molecule has 0 unspecified atom stereocenters. The van der Waals surface area contributed by atoms with E-state index in [9.17, 15) is 0 Å². The molecule has 0 bridgehead atoms. The molecule has 2 aliphatic rings. The number of methoxy groups -OCH3 is 1. The number of nitrogens with zero attached hydrogens (tertiary/aromatic N) is 2. The Morgan fingerprint density at radius 1 is 0.966 bits per heavy atom. The third-order valence-electron chi connectivity index (χ3n) is 5.35. The Hall–Kier alpha value is -2.69. The zero-order valence-electron chi connectivity index (χ0n) is 15.7. The lowest BCUT2D eigenvalue weighted by Gasteiger charge is -2.38. The first kappa shape index (κ1) is 18.3. The lowest BCUT2D eigenvalue weighted by Crippen LogP contribution is -2.34. The second-order valence-electron chi connectivity index (χ2n) is 7.02. The van der Waals surface area contributed by atoms with Crippen molar-refractivity contribution in [1.29, 1.82) is 0 Å². The molecule has 0 amide bonds. The number of rotatable bonds is 3. The van der Waals surface area contributed by atoms with Crippen LogP contribution in [-0.2, 0) is 0 Å². The molecule has 0 saturated heterocycles. The van der Waals surface area contributed by atoms with Gasteiger partial charge in [-0.15, -0.1) is 0 Å². The van der Waals surface area contributed by atoms with Crippen LogP contribution in [0.5, 0.6) is 11.5 Å². The molecule has 0 aromatic heterocycles. The molecular formula is C23H18Cl2N2O2. The van der Waals surface area contributed by atoms with Crippen LogP contribution < -0.4 is 9.47 Å². The highest BCUT2D eigenvalue weighted by Crippen LogP contribution is 2.51. The van der Waals surface area contributed by atoms with Crippen LogP contribution in [0.2, 0.25) is 10.0 Å². The van der Waals surface area contributed by atoms with Gasteiger partial charge in [0.1, 0.15) is 0 Å². The molecule has 0 aliphatic carbocycles. The molecule has 29 heavy (non-hydrogen) atoms. The molecular weight excluding hydrogens is 407 g/mol. The minimum Gasteiger partial charge on any atom is -0.493 e. The van der Waals surface area contributed by atoms with E-state index in [-0.39, 0.29) is 6.04 Å². The maximum atomic E-state index is 6.52. The van der Waals surface area contributed by atoms with Gasteiger partial charge in [0.05, 0.1) is 18.9 Å². The average Bonchev–Trinajstić information content (AvgIpc) is 3.19. The zero-order valence-corrected chi connectivity index (χ0v) is 17.2. The normalized spacial score (nSPS) is 19.8. The second kappa shape index (κ2) is 7.29. The van der Waals surface area contributed by atoms with Crippen LogP contribution in [0.25, 0.3) is 0 Å². The first-order chi connectivity index (χ1) is 14.2. The largest absolute Gasteiger partial charge is 0.493 e. The lowest BCUT2D eigenvalue weighted by atomic mass is 9.95. The minimum absolute atomic E-state index is 0.0285. The van der Waals surface area contributed by atoms with Gasteiger partial charge in [-0.3, -0.25) is 0 Å². The van der Waals surface area contributed by atoms with E-state index < -0.39 is 6.23 Å². The summed E-state index contributed by atoms with van der Waals surface area (Å²) in [5.74, 6) is 1.45. The Balaban J connectivity index is 1.63. The van der Waals surface area contributed by atoms with Crippen molar-refractivity contribution in [1.82, 2.24) is 5.01 Å². The summed E-state index contributed by atoms with van der Waals surface area (Å²) in [5, 5.41) is 8.30. The summed E-state index contributed by atoms with van der Waals surface area (Å²) in [7, 11) is 1.65. The van der Waals surface area contributed by atoms with Gasteiger partial charge in [0.25, 0.3) is 0 Å². The first-order valence-corrected chi connectivity index (χ1v) is 10.1. The molecule has 0 radical (unpaired) electrons.